The van der Waals surface area contributed by atoms with Crippen molar-refractivity contribution in [3.8, 4) is 11.8 Å². The van der Waals surface area contributed by atoms with E-state index in [1.54, 1.807) is 24.3 Å². The van der Waals surface area contributed by atoms with Gasteiger partial charge in [-0.15, -0.1) is 0 Å². The molecule has 0 aromatic heterocycles. The van der Waals surface area contributed by atoms with Gasteiger partial charge in [-0.2, -0.15) is 5.26 Å². The van der Waals surface area contributed by atoms with Crippen LogP contribution in [-0.4, -0.2) is 41.8 Å². The molecule has 2 atom stereocenters. The summed E-state index contributed by atoms with van der Waals surface area (Å²) in [4.78, 5) is 2.29. The van der Waals surface area contributed by atoms with E-state index in [0.29, 0.717) is 23.9 Å². The van der Waals surface area contributed by atoms with Crippen LogP contribution in [0.4, 0.5) is 0 Å². The topological polar surface area (TPSA) is 56.5 Å². The van der Waals surface area contributed by atoms with Gasteiger partial charge in [-0.25, -0.2) is 0 Å². The van der Waals surface area contributed by atoms with Crippen LogP contribution in [0.15, 0.2) is 24.3 Å². The van der Waals surface area contributed by atoms with Gasteiger partial charge in [0, 0.05) is 12.6 Å². The summed E-state index contributed by atoms with van der Waals surface area (Å²) in [5.74, 6) is 0.632. The van der Waals surface area contributed by atoms with Crippen molar-refractivity contribution in [3.63, 3.8) is 0 Å². The van der Waals surface area contributed by atoms with Gasteiger partial charge in [0.05, 0.1) is 11.6 Å². The third kappa shape index (κ3) is 3.95. The largest absolute Gasteiger partial charge is 0.491 e. The zero-order valence-electron chi connectivity index (χ0n) is 11.2. The summed E-state index contributed by atoms with van der Waals surface area (Å²) < 4.78 is 5.53. The normalized spacial score (nSPS) is 21.0. The molecule has 1 saturated heterocycles. The minimum absolute atomic E-state index is 0.262. The number of hydrogen-bond donors (Lipinski definition) is 1. The van der Waals surface area contributed by atoms with Crippen molar-refractivity contribution in [1.29, 1.82) is 5.26 Å². The smallest absolute Gasteiger partial charge is 0.120 e. The number of benzene rings is 1. The van der Waals surface area contributed by atoms with Gasteiger partial charge < -0.3 is 9.84 Å². The van der Waals surface area contributed by atoms with Crippen molar-refractivity contribution >= 4 is 0 Å². The standard InChI is InChI=1S/C15H20N2O2/c1-12-4-3-7-17(12)10-14(18)11-19-15-6-2-5-13(8-15)9-16/h2,5-6,8,12,14,18H,3-4,7,10-11H2,1H3. The monoisotopic (exact) mass is 260 g/mol. The molecule has 0 aliphatic carbocycles. The molecule has 0 spiro atoms. The van der Waals surface area contributed by atoms with Crippen LogP contribution in [0.3, 0.4) is 0 Å². The second-order valence-electron chi connectivity index (χ2n) is 5.09. The van der Waals surface area contributed by atoms with Crippen LogP contribution in [0.1, 0.15) is 25.3 Å². The number of aliphatic hydroxyl groups is 1. The van der Waals surface area contributed by atoms with Crippen molar-refractivity contribution in [3.05, 3.63) is 29.8 Å². The average Bonchev–Trinajstić information content (AvgIpc) is 2.82. The van der Waals surface area contributed by atoms with E-state index in [-0.39, 0.29) is 6.61 Å². The van der Waals surface area contributed by atoms with Crippen molar-refractivity contribution in [2.24, 2.45) is 0 Å². The van der Waals surface area contributed by atoms with Crippen molar-refractivity contribution in [1.82, 2.24) is 4.90 Å². The molecule has 2 rings (SSSR count). The molecule has 0 saturated carbocycles. The molecule has 1 aliphatic rings. The number of likely N-dealkylation sites (tertiary alicyclic amines) is 1. The van der Waals surface area contributed by atoms with Gasteiger partial charge >= 0.3 is 0 Å². The molecule has 1 heterocycles. The third-order valence-electron chi connectivity index (χ3n) is 3.54. The molecule has 4 heteroatoms. The molecule has 102 valence electrons. The van der Waals surface area contributed by atoms with Crippen LogP contribution in [0.2, 0.25) is 0 Å². The Morgan fingerprint density at radius 3 is 3.11 bits per heavy atom. The van der Waals surface area contributed by atoms with E-state index in [1.807, 2.05) is 0 Å². The maximum absolute atomic E-state index is 9.98. The fraction of sp³-hybridized carbons (Fsp3) is 0.533. The van der Waals surface area contributed by atoms with Gasteiger partial charge in [0.25, 0.3) is 0 Å². The summed E-state index contributed by atoms with van der Waals surface area (Å²) in [6.07, 6.45) is 1.92. The van der Waals surface area contributed by atoms with Crippen molar-refractivity contribution in [2.75, 3.05) is 19.7 Å². The summed E-state index contributed by atoms with van der Waals surface area (Å²) in [7, 11) is 0. The van der Waals surface area contributed by atoms with E-state index in [9.17, 15) is 5.11 Å². The molecule has 4 nitrogen and oxygen atoms in total. The lowest BCUT2D eigenvalue weighted by atomic mass is 10.2. The first-order valence-corrected chi connectivity index (χ1v) is 6.74. The molecule has 1 aromatic rings. The lowest BCUT2D eigenvalue weighted by Crippen LogP contribution is -2.37. The van der Waals surface area contributed by atoms with E-state index >= 15 is 0 Å². The van der Waals surface area contributed by atoms with Crippen LogP contribution >= 0.6 is 0 Å². The van der Waals surface area contributed by atoms with Crippen LogP contribution < -0.4 is 4.74 Å². The Morgan fingerprint density at radius 2 is 2.42 bits per heavy atom. The van der Waals surface area contributed by atoms with E-state index in [1.165, 1.54) is 12.8 Å². The fourth-order valence-corrected chi connectivity index (χ4v) is 2.44. The van der Waals surface area contributed by atoms with Gasteiger partial charge in [-0.3, -0.25) is 4.90 Å². The van der Waals surface area contributed by atoms with Crippen LogP contribution in [0.5, 0.6) is 5.75 Å². The predicted molar refractivity (Wildman–Crippen MR) is 72.9 cm³/mol. The molecule has 1 fully saturated rings. The quantitative estimate of drug-likeness (QED) is 0.877. The Morgan fingerprint density at radius 1 is 1.58 bits per heavy atom. The highest BCUT2D eigenvalue weighted by molar-refractivity contribution is 5.36. The number of nitriles is 1. The van der Waals surface area contributed by atoms with E-state index < -0.39 is 6.10 Å². The maximum Gasteiger partial charge on any atom is 0.120 e. The SMILES string of the molecule is CC1CCCN1CC(O)COc1cccc(C#N)c1. The Balaban J connectivity index is 1.79. The van der Waals surface area contributed by atoms with Gasteiger partial charge in [0.2, 0.25) is 0 Å². The zero-order chi connectivity index (χ0) is 13.7. The van der Waals surface area contributed by atoms with E-state index in [4.69, 9.17) is 10.00 Å². The van der Waals surface area contributed by atoms with Crippen molar-refractivity contribution < 1.29 is 9.84 Å². The molecule has 0 radical (unpaired) electrons. The first-order valence-electron chi connectivity index (χ1n) is 6.74. The van der Waals surface area contributed by atoms with Gasteiger partial charge in [0.15, 0.2) is 0 Å². The van der Waals surface area contributed by atoms with Crippen LogP contribution in [-0.2, 0) is 0 Å². The third-order valence-corrected chi connectivity index (χ3v) is 3.54. The molecular formula is C15H20N2O2. The molecule has 0 bridgehead atoms. The average molecular weight is 260 g/mol. The Labute approximate surface area is 114 Å². The highest BCUT2D eigenvalue weighted by Gasteiger charge is 2.22. The molecule has 2 unspecified atom stereocenters. The molecule has 1 aromatic carbocycles. The zero-order valence-corrected chi connectivity index (χ0v) is 11.2. The van der Waals surface area contributed by atoms with Crippen LogP contribution in [0.25, 0.3) is 0 Å². The summed E-state index contributed by atoms with van der Waals surface area (Å²) in [6.45, 7) is 4.16. The summed E-state index contributed by atoms with van der Waals surface area (Å²) in [6, 6.07) is 9.62. The number of nitrogens with zero attached hydrogens (tertiary/aromatic N) is 2. The Hall–Kier alpha value is -1.57. The number of β-amino-alcohol motifs (C(OH)–C–C–N with tert-alkyl or cyclic N) is 1. The minimum atomic E-state index is -0.494. The first kappa shape index (κ1) is 13.9. The lowest BCUT2D eigenvalue weighted by molar-refractivity contribution is 0.0662. The maximum atomic E-state index is 9.98. The van der Waals surface area contributed by atoms with Gasteiger partial charge in [-0.05, 0) is 44.5 Å². The highest BCUT2D eigenvalue weighted by Crippen LogP contribution is 2.17. The van der Waals surface area contributed by atoms with Crippen molar-refractivity contribution in [2.45, 2.75) is 31.9 Å². The molecular weight excluding hydrogens is 240 g/mol. The number of aliphatic hydroxyl groups excluding tert-OH is 1. The minimum Gasteiger partial charge on any atom is -0.491 e. The summed E-state index contributed by atoms with van der Waals surface area (Å²) in [5.41, 5.74) is 0.570. The van der Waals surface area contributed by atoms with Gasteiger partial charge in [0.1, 0.15) is 18.5 Å². The molecule has 1 N–H and O–H groups in total. The number of hydrogen-bond acceptors (Lipinski definition) is 4. The highest BCUT2D eigenvalue weighted by atomic mass is 16.5. The van der Waals surface area contributed by atoms with E-state index in [0.717, 1.165) is 6.54 Å². The molecule has 19 heavy (non-hydrogen) atoms. The lowest BCUT2D eigenvalue weighted by Gasteiger charge is -2.24. The Kier molecular flexibility index (Phi) is 4.78. The van der Waals surface area contributed by atoms with E-state index in [2.05, 4.69) is 17.9 Å². The summed E-state index contributed by atoms with van der Waals surface area (Å²) >= 11 is 0. The number of ether oxygens (including phenoxy) is 1. The number of rotatable bonds is 5. The second kappa shape index (κ2) is 6.55. The fourth-order valence-electron chi connectivity index (χ4n) is 2.44. The van der Waals surface area contributed by atoms with Crippen LogP contribution in [0, 0.1) is 11.3 Å². The second-order valence-corrected chi connectivity index (χ2v) is 5.09. The Bertz CT molecular complexity index is 456. The van der Waals surface area contributed by atoms with Gasteiger partial charge in [-0.1, -0.05) is 6.07 Å². The first-order chi connectivity index (χ1) is 9.19. The predicted octanol–water partition coefficient (Wildman–Crippen LogP) is 1.78. The summed E-state index contributed by atoms with van der Waals surface area (Å²) in [5, 5.41) is 18.8. The molecule has 1 aliphatic heterocycles. The molecule has 0 amide bonds.